The lowest BCUT2D eigenvalue weighted by Gasteiger charge is -2.10. The number of ether oxygens (including phenoxy) is 1. The molecule has 0 aliphatic heterocycles. The first kappa shape index (κ1) is 14.0. The number of aliphatic hydroxyl groups is 1. The third kappa shape index (κ3) is 5.22. The summed E-state index contributed by atoms with van der Waals surface area (Å²) in [6.45, 7) is 7.26. The van der Waals surface area contributed by atoms with Crippen molar-refractivity contribution in [3.05, 3.63) is 41.4 Å². The van der Waals surface area contributed by atoms with E-state index in [1.165, 1.54) is 0 Å². The zero-order valence-electron chi connectivity index (χ0n) is 10.0. The fourth-order valence-electron chi connectivity index (χ4n) is 1.48. The Morgan fingerprint density at radius 2 is 2.35 bits per heavy atom. The van der Waals surface area contributed by atoms with Crippen LogP contribution in [0, 0.1) is 0 Å². The van der Waals surface area contributed by atoms with Crippen LogP contribution in [0.15, 0.2) is 30.9 Å². The van der Waals surface area contributed by atoms with E-state index in [4.69, 9.17) is 16.3 Å². The SMILES string of the molecule is C=CCOc1ccc(Cl)cc1C[NH2+]C[C@@H](C)O. The van der Waals surface area contributed by atoms with Crippen LogP contribution in [-0.2, 0) is 6.54 Å². The van der Waals surface area contributed by atoms with Crippen molar-refractivity contribution < 1.29 is 15.2 Å². The molecule has 1 atom stereocenters. The Balaban J connectivity index is 2.65. The second-order valence-corrected chi connectivity index (χ2v) is 4.37. The molecule has 0 amide bonds. The molecule has 4 heteroatoms. The zero-order chi connectivity index (χ0) is 12.7. The fourth-order valence-corrected chi connectivity index (χ4v) is 1.67. The number of hydrogen-bond acceptors (Lipinski definition) is 2. The number of quaternary nitrogens is 1. The van der Waals surface area contributed by atoms with Gasteiger partial charge in [-0.1, -0.05) is 24.3 Å². The average Bonchev–Trinajstić information content (AvgIpc) is 2.27. The van der Waals surface area contributed by atoms with Crippen LogP contribution < -0.4 is 10.1 Å². The molecule has 0 aliphatic carbocycles. The van der Waals surface area contributed by atoms with Gasteiger partial charge in [-0.05, 0) is 25.1 Å². The van der Waals surface area contributed by atoms with Crippen molar-refractivity contribution in [3.63, 3.8) is 0 Å². The van der Waals surface area contributed by atoms with Crippen LogP contribution >= 0.6 is 11.6 Å². The lowest BCUT2D eigenvalue weighted by atomic mass is 10.2. The summed E-state index contributed by atoms with van der Waals surface area (Å²) >= 11 is 5.95. The minimum atomic E-state index is -0.313. The summed E-state index contributed by atoms with van der Waals surface area (Å²) in [6.07, 6.45) is 1.39. The highest BCUT2D eigenvalue weighted by molar-refractivity contribution is 6.30. The molecule has 3 N–H and O–H groups in total. The number of nitrogens with two attached hydrogens (primary N) is 1. The molecule has 17 heavy (non-hydrogen) atoms. The Morgan fingerprint density at radius 1 is 1.59 bits per heavy atom. The van der Waals surface area contributed by atoms with Gasteiger partial charge in [0.25, 0.3) is 0 Å². The predicted molar refractivity (Wildman–Crippen MR) is 69.3 cm³/mol. The van der Waals surface area contributed by atoms with E-state index in [2.05, 4.69) is 6.58 Å². The third-order valence-corrected chi connectivity index (χ3v) is 2.49. The minimum absolute atomic E-state index is 0.313. The summed E-state index contributed by atoms with van der Waals surface area (Å²) in [6, 6.07) is 5.55. The topological polar surface area (TPSA) is 46.1 Å². The summed E-state index contributed by atoms with van der Waals surface area (Å²) in [4.78, 5) is 0. The van der Waals surface area contributed by atoms with E-state index >= 15 is 0 Å². The second kappa shape index (κ2) is 7.33. The predicted octanol–water partition coefficient (Wildman–Crippen LogP) is 1.35. The normalized spacial score (nSPS) is 12.2. The highest BCUT2D eigenvalue weighted by Gasteiger charge is 2.07. The molecule has 0 aromatic heterocycles. The summed E-state index contributed by atoms with van der Waals surface area (Å²) in [5, 5.41) is 11.9. The Labute approximate surface area is 107 Å². The Kier molecular flexibility index (Phi) is 6.05. The van der Waals surface area contributed by atoms with Crippen molar-refractivity contribution in [1.29, 1.82) is 0 Å². The Morgan fingerprint density at radius 3 is 3.00 bits per heavy atom. The van der Waals surface area contributed by atoms with Crippen LogP contribution in [0.3, 0.4) is 0 Å². The maximum Gasteiger partial charge on any atom is 0.128 e. The molecular weight excluding hydrogens is 238 g/mol. The van der Waals surface area contributed by atoms with Crippen LogP contribution in [0.2, 0.25) is 5.02 Å². The van der Waals surface area contributed by atoms with Crippen molar-refractivity contribution in [3.8, 4) is 5.75 Å². The molecule has 1 rings (SSSR count). The lowest BCUT2D eigenvalue weighted by molar-refractivity contribution is -0.676. The van der Waals surface area contributed by atoms with Crippen molar-refractivity contribution in [2.45, 2.75) is 19.6 Å². The highest BCUT2D eigenvalue weighted by atomic mass is 35.5. The van der Waals surface area contributed by atoms with Gasteiger partial charge in [-0.15, -0.1) is 0 Å². The van der Waals surface area contributed by atoms with Gasteiger partial charge < -0.3 is 15.2 Å². The number of hydrogen-bond donors (Lipinski definition) is 2. The summed E-state index contributed by atoms with van der Waals surface area (Å²) in [5.41, 5.74) is 1.03. The van der Waals surface area contributed by atoms with Crippen molar-refractivity contribution in [2.75, 3.05) is 13.2 Å². The molecule has 0 radical (unpaired) electrons. The highest BCUT2D eigenvalue weighted by Crippen LogP contribution is 2.22. The van der Waals surface area contributed by atoms with Gasteiger partial charge in [-0.2, -0.15) is 0 Å². The van der Waals surface area contributed by atoms with E-state index in [1.807, 2.05) is 17.4 Å². The van der Waals surface area contributed by atoms with E-state index in [-0.39, 0.29) is 6.10 Å². The van der Waals surface area contributed by atoms with Crippen LogP contribution in [0.4, 0.5) is 0 Å². The molecule has 0 saturated carbocycles. The average molecular weight is 257 g/mol. The van der Waals surface area contributed by atoms with Gasteiger partial charge >= 0.3 is 0 Å². The van der Waals surface area contributed by atoms with Gasteiger partial charge in [-0.3, -0.25) is 0 Å². The number of aliphatic hydroxyl groups excluding tert-OH is 1. The van der Waals surface area contributed by atoms with E-state index < -0.39 is 0 Å². The van der Waals surface area contributed by atoms with Gasteiger partial charge in [0, 0.05) is 10.6 Å². The zero-order valence-corrected chi connectivity index (χ0v) is 10.8. The maximum absolute atomic E-state index is 9.19. The van der Waals surface area contributed by atoms with Gasteiger partial charge in [0.05, 0.1) is 6.10 Å². The van der Waals surface area contributed by atoms with Crippen LogP contribution in [0.5, 0.6) is 5.75 Å². The second-order valence-electron chi connectivity index (χ2n) is 3.93. The molecule has 0 spiro atoms. The molecule has 0 fully saturated rings. The number of halogens is 1. The molecule has 0 aliphatic rings. The Bertz CT molecular complexity index is 366. The van der Waals surface area contributed by atoms with Crippen LogP contribution in [0.1, 0.15) is 12.5 Å². The smallest absolute Gasteiger partial charge is 0.128 e. The van der Waals surface area contributed by atoms with Crippen LogP contribution in [0.25, 0.3) is 0 Å². The fraction of sp³-hybridized carbons (Fsp3) is 0.385. The molecule has 0 heterocycles. The first-order valence-corrected chi connectivity index (χ1v) is 6.03. The van der Waals surface area contributed by atoms with Gasteiger partial charge in [0.15, 0.2) is 0 Å². The van der Waals surface area contributed by atoms with Gasteiger partial charge in [0.2, 0.25) is 0 Å². The number of rotatable bonds is 7. The Hall–Kier alpha value is -1.03. The lowest BCUT2D eigenvalue weighted by Crippen LogP contribution is -2.84. The third-order valence-electron chi connectivity index (χ3n) is 2.25. The van der Waals surface area contributed by atoms with E-state index in [0.29, 0.717) is 18.2 Å². The molecule has 0 saturated heterocycles. The van der Waals surface area contributed by atoms with Crippen molar-refractivity contribution in [2.24, 2.45) is 0 Å². The van der Waals surface area contributed by atoms with E-state index in [1.54, 1.807) is 19.1 Å². The van der Waals surface area contributed by atoms with E-state index in [9.17, 15) is 5.11 Å². The first-order valence-electron chi connectivity index (χ1n) is 5.65. The van der Waals surface area contributed by atoms with Gasteiger partial charge in [-0.25, -0.2) is 0 Å². The van der Waals surface area contributed by atoms with E-state index in [0.717, 1.165) is 17.9 Å². The molecule has 1 aromatic rings. The molecular formula is C13H19ClNO2+. The largest absolute Gasteiger partial charge is 0.489 e. The molecule has 3 nitrogen and oxygen atoms in total. The monoisotopic (exact) mass is 256 g/mol. The molecule has 0 unspecified atom stereocenters. The molecule has 0 bridgehead atoms. The first-order chi connectivity index (χ1) is 8.13. The number of benzene rings is 1. The van der Waals surface area contributed by atoms with Gasteiger partial charge in [0.1, 0.15) is 25.4 Å². The molecule has 1 aromatic carbocycles. The summed E-state index contributed by atoms with van der Waals surface area (Å²) in [5.74, 6) is 0.816. The van der Waals surface area contributed by atoms with Crippen LogP contribution in [-0.4, -0.2) is 24.4 Å². The summed E-state index contributed by atoms with van der Waals surface area (Å²) in [7, 11) is 0. The quantitative estimate of drug-likeness (QED) is 0.724. The van der Waals surface area contributed by atoms with Crippen molar-refractivity contribution in [1.82, 2.24) is 0 Å². The standard InChI is InChI=1S/C13H18ClNO2/c1-3-6-17-13-5-4-12(14)7-11(13)9-15-8-10(2)16/h3-5,7,10,15-16H,1,6,8-9H2,2H3/p+1/t10-/m1/s1. The molecule has 94 valence electrons. The summed E-state index contributed by atoms with van der Waals surface area (Å²) < 4.78 is 5.54. The minimum Gasteiger partial charge on any atom is -0.489 e. The van der Waals surface area contributed by atoms with Crippen molar-refractivity contribution >= 4 is 11.6 Å². The maximum atomic E-state index is 9.19.